The van der Waals surface area contributed by atoms with Crippen LogP contribution in [0.15, 0.2) is 76.0 Å². The van der Waals surface area contributed by atoms with Gasteiger partial charge in [-0.2, -0.15) is 0 Å². The van der Waals surface area contributed by atoms with Crippen molar-refractivity contribution >= 4 is 54.3 Å². The molecule has 2 nitrogen and oxygen atoms in total. The molecule has 32 heavy (non-hydrogen) atoms. The average molecular weight is 421 g/mol. The fraction of sp³-hybridized carbons (Fsp3) is 0.267. The van der Waals surface area contributed by atoms with E-state index >= 15 is 0 Å². The minimum Gasteiger partial charge on any atom is -0.464 e. The summed E-state index contributed by atoms with van der Waals surface area (Å²) in [6, 6.07) is 19.8. The Morgan fingerprint density at radius 2 is 1.12 bits per heavy atom. The Balaban J connectivity index is 1.45. The van der Waals surface area contributed by atoms with Crippen LogP contribution in [0.3, 0.4) is 0 Å². The van der Waals surface area contributed by atoms with Crippen molar-refractivity contribution in [1.29, 1.82) is 0 Å². The summed E-state index contributed by atoms with van der Waals surface area (Å²) < 4.78 is 11.6. The second-order valence-corrected chi connectivity index (χ2v) is 9.03. The average Bonchev–Trinajstić information content (AvgIpc) is 3.48. The van der Waals surface area contributed by atoms with E-state index in [4.69, 9.17) is 8.83 Å². The third-order valence-electron chi connectivity index (χ3n) is 7.04. The normalized spacial score (nSPS) is 12.2. The van der Waals surface area contributed by atoms with Crippen molar-refractivity contribution in [3.05, 3.63) is 72.7 Å². The summed E-state index contributed by atoms with van der Waals surface area (Å²) >= 11 is 0. The van der Waals surface area contributed by atoms with Crippen LogP contribution in [0.4, 0.5) is 0 Å². The molecule has 0 amide bonds. The van der Waals surface area contributed by atoms with Gasteiger partial charge in [-0.1, -0.05) is 75.4 Å². The lowest BCUT2D eigenvalue weighted by Gasteiger charge is -2.10. The Kier molecular flexibility index (Phi) is 4.87. The molecule has 2 heterocycles. The molecular weight excluding hydrogens is 392 g/mol. The van der Waals surface area contributed by atoms with Gasteiger partial charge in [0.1, 0.15) is 11.2 Å². The largest absolute Gasteiger partial charge is 0.464 e. The van der Waals surface area contributed by atoms with Crippen molar-refractivity contribution in [1.82, 2.24) is 0 Å². The maximum Gasteiger partial charge on any atom is 0.134 e. The molecule has 0 saturated carbocycles. The third kappa shape index (κ3) is 3.09. The molecule has 0 radical (unpaired) electrons. The molecule has 6 aromatic rings. The monoisotopic (exact) mass is 420 g/mol. The second kappa shape index (κ2) is 8.02. The molecule has 0 fully saturated rings. The minimum absolute atomic E-state index is 0.942. The van der Waals surface area contributed by atoms with E-state index in [0.717, 1.165) is 17.6 Å². The molecule has 0 saturated heterocycles. The molecule has 2 heteroatoms. The lowest BCUT2D eigenvalue weighted by molar-refractivity contribution is 0.593. The van der Waals surface area contributed by atoms with E-state index < -0.39 is 0 Å². The molecule has 0 unspecified atom stereocenters. The van der Waals surface area contributed by atoms with Crippen LogP contribution in [-0.2, 0) is 6.42 Å². The lowest BCUT2D eigenvalue weighted by atomic mass is 9.93. The Hall–Kier alpha value is -3.26. The van der Waals surface area contributed by atoms with Gasteiger partial charge in [0.2, 0.25) is 0 Å². The first-order valence-corrected chi connectivity index (χ1v) is 12.0. The molecule has 0 atom stereocenters. The molecule has 160 valence electrons. The standard InChI is InChI=1S/C30H28O2/c1-2-3-4-5-6-7-8-20-19-32-29-16-14-25-22-9-10-24-23(13-15-28-26(24)17-18-31-28)21(22)11-12-27(25)30(20)29/h9-19H,2-8H2,1H3. The Labute approximate surface area is 187 Å². The van der Waals surface area contributed by atoms with Gasteiger partial charge in [0.25, 0.3) is 0 Å². The number of hydrogen-bond donors (Lipinski definition) is 0. The summed E-state index contributed by atoms with van der Waals surface area (Å²) in [6.07, 6.45) is 12.7. The number of rotatable bonds is 7. The van der Waals surface area contributed by atoms with Crippen LogP contribution in [0.2, 0.25) is 0 Å². The SMILES string of the molecule is CCCCCCCCc1coc2ccc3c4ccc5c6ccoc6ccc5c4ccc3c12. The summed E-state index contributed by atoms with van der Waals surface area (Å²) in [6.45, 7) is 2.27. The molecule has 0 aliphatic rings. The van der Waals surface area contributed by atoms with E-state index in [-0.39, 0.29) is 0 Å². The first-order chi connectivity index (χ1) is 15.8. The highest BCUT2D eigenvalue weighted by Gasteiger charge is 2.13. The molecular formula is C30H28O2. The lowest BCUT2D eigenvalue weighted by Crippen LogP contribution is -1.87. The maximum atomic E-state index is 5.96. The number of aryl methyl sites for hydroxylation is 1. The van der Waals surface area contributed by atoms with E-state index in [0.29, 0.717) is 0 Å². The zero-order chi connectivity index (χ0) is 21.5. The summed E-state index contributed by atoms with van der Waals surface area (Å²) in [4.78, 5) is 0. The van der Waals surface area contributed by atoms with Crippen molar-refractivity contribution in [2.45, 2.75) is 51.9 Å². The molecule has 0 spiro atoms. The fourth-order valence-electron chi connectivity index (χ4n) is 5.37. The molecule has 0 N–H and O–H groups in total. The predicted molar refractivity (Wildman–Crippen MR) is 136 cm³/mol. The zero-order valence-corrected chi connectivity index (χ0v) is 18.6. The van der Waals surface area contributed by atoms with Crippen LogP contribution < -0.4 is 0 Å². The van der Waals surface area contributed by atoms with Gasteiger partial charge >= 0.3 is 0 Å². The molecule has 0 aliphatic heterocycles. The van der Waals surface area contributed by atoms with E-state index in [1.54, 1.807) is 6.26 Å². The maximum absolute atomic E-state index is 5.96. The van der Waals surface area contributed by atoms with Crippen LogP contribution in [0, 0.1) is 0 Å². The second-order valence-electron chi connectivity index (χ2n) is 9.03. The number of furan rings is 2. The van der Waals surface area contributed by atoms with Gasteiger partial charge in [-0.05, 0) is 68.9 Å². The third-order valence-corrected chi connectivity index (χ3v) is 7.04. The van der Waals surface area contributed by atoms with Gasteiger partial charge in [0, 0.05) is 10.8 Å². The van der Waals surface area contributed by atoms with Crippen LogP contribution in [0.5, 0.6) is 0 Å². The quantitative estimate of drug-likeness (QED) is 0.190. The number of benzene rings is 4. The van der Waals surface area contributed by atoms with Gasteiger partial charge in [-0.15, -0.1) is 0 Å². The number of fused-ring (bicyclic) bond motifs is 9. The number of hydrogen-bond acceptors (Lipinski definition) is 2. The molecule has 0 aliphatic carbocycles. The minimum atomic E-state index is 0.942. The van der Waals surface area contributed by atoms with Crippen LogP contribution in [0.25, 0.3) is 54.3 Å². The molecule has 2 aromatic heterocycles. The Morgan fingerprint density at radius 1 is 0.531 bits per heavy atom. The van der Waals surface area contributed by atoms with Crippen molar-refractivity contribution in [2.24, 2.45) is 0 Å². The van der Waals surface area contributed by atoms with Gasteiger partial charge < -0.3 is 8.83 Å². The fourth-order valence-corrected chi connectivity index (χ4v) is 5.37. The van der Waals surface area contributed by atoms with Crippen molar-refractivity contribution in [2.75, 3.05) is 0 Å². The van der Waals surface area contributed by atoms with Crippen LogP contribution in [0.1, 0.15) is 51.0 Å². The van der Waals surface area contributed by atoms with Gasteiger partial charge in [0.15, 0.2) is 0 Å². The highest BCUT2D eigenvalue weighted by Crippen LogP contribution is 2.38. The zero-order valence-electron chi connectivity index (χ0n) is 18.6. The smallest absolute Gasteiger partial charge is 0.134 e. The number of unbranched alkanes of at least 4 members (excludes halogenated alkanes) is 5. The first kappa shape index (κ1) is 19.4. The van der Waals surface area contributed by atoms with Gasteiger partial charge in [0.05, 0.1) is 12.5 Å². The van der Waals surface area contributed by atoms with Crippen molar-refractivity contribution in [3.63, 3.8) is 0 Å². The van der Waals surface area contributed by atoms with E-state index in [1.165, 1.54) is 87.2 Å². The summed E-state index contributed by atoms with van der Waals surface area (Å²) in [5.74, 6) is 0. The van der Waals surface area contributed by atoms with E-state index in [2.05, 4.69) is 61.5 Å². The van der Waals surface area contributed by atoms with Crippen molar-refractivity contribution < 1.29 is 8.83 Å². The summed E-state index contributed by atoms with van der Waals surface area (Å²) in [7, 11) is 0. The van der Waals surface area contributed by atoms with E-state index in [9.17, 15) is 0 Å². The Morgan fingerprint density at radius 3 is 1.91 bits per heavy atom. The predicted octanol–water partition coefficient (Wildman–Crippen LogP) is 9.54. The Bertz CT molecular complexity index is 1560. The molecule has 6 rings (SSSR count). The van der Waals surface area contributed by atoms with Crippen LogP contribution >= 0.6 is 0 Å². The van der Waals surface area contributed by atoms with Crippen molar-refractivity contribution in [3.8, 4) is 0 Å². The highest BCUT2D eigenvalue weighted by atomic mass is 16.3. The van der Waals surface area contributed by atoms with Gasteiger partial charge in [-0.25, -0.2) is 0 Å². The van der Waals surface area contributed by atoms with E-state index in [1.807, 2.05) is 6.26 Å². The molecule has 4 aromatic carbocycles. The summed E-state index contributed by atoms with van der Waals surface area (Å²) in [5.41, 5.74) is 3.29. The highest BCUT2D eigenvalue weighted by molar-refractivity contribution is 6.24. The summed E-state index contributed by atoms with van der Waals surface area (Å²) in [5, 5.41) is 10.2. The first-order valence-electron chi connectivity index (χ1n) is 12.0. The van der Waals surface area contributed by atoms with Gasteiger partial charge in [-0.3, -0.25) is 0 Å². The molecule has 0 bridgehead atoms. The topological polar surface area (TPSA) is 26.3 Å². The van der Waals surface area contributed by atoms with Crippen LogP contribution in [-0.4, -0.2) is 0 Å².